The first-order chi connectivity index (χ1) is 40.5. The van der Waals surface area contributed by atoms with Gasteiger partial charge in [-0.1, -0.05) is 86.8 Å². The molecule has 1 spiro atoms. The molecule has 6 aromatic carbocycles. The van der Waals surface area contributed by atoms with Crippen LogP contribution in [0.3, 0.4) is 0 Å². The Kier molecular flexibility index (Phi) is 19.7. The van der Waals surface area contributed by atoms with E-state index < -0.39 is 47.7 Å². The highest BCUT2D eigenvalue weighted by Gasteiger charge is 2.53. The molecule has 84 heavy (non-hydrogen) atoms. The summed E-state index contributed by atoms with van der Waals surface area (Å²) in [6, 6.07) is 36.6. The molecule has 0 aromatic heterocycles. The molecule has 1 aliphatic carbocycles. The van der Waals surface area contributed by atoms with Crippen molar-refractivity contribution in [1.82, 2.24) is 10.6 Å². The minimum atomic E-state index is -1.49. The third-order valence-corrected chi connectivity index (χ3v) is 13.6. The first-order valence-electron chi connectivity index (χ1n) is 27.3. The number of hydrogen-bond donors (Lipinski definition) is 10. The third-order valence-electron chi connectivity index (χ3n) is 13.6. The van der Waals surface area contributed by atoms with Crippen molar-refractivity contribution in [3.63, 3.8) is 0 Å². The van der Waals surface area contributed by atoms with Crippen LogP contribution in [-0.2, 0) is 35.9 Å². The summed E-state index contributed by atoms with van der Waals surface area (Å²) in [5.74, 6) is -0.515. The standard InChI is InChI=1S/C44H42N10O9.C18H22O3/c45-40(46)49-21-19-33(53-42(58)60-27-9-3-1-4-10-27)37(55)51-25-15-17-31-35(23-25)62-36-24-26(16-18-32(36)44(31)30-14-8-7-13-29(30)39(57)63-44)52-38(56)34(20-22-50-41(47)48)54-43(59)61-28-11-5-2-6-12-28;1-3-4-5-6-7-18(20)21-16-8-9-17-13(2)10-15(19)11-14(17)12-16/h1-18,23-24,33-34H,19-22H2,(H,51,55)(H,52,56)(H,53,58)(H,54,59)(H4,45,46,49)(H4,47,48,50);8-10,12H,3-7,11H2,1-2H3/p+2. The Morgan fingerprint density at radius 2 is 1.13 bits per heavy atom. The monoisotopic (exact) mass is 1140 g/mol. The second-order valence-corrected chi connectivity index (χ2v) is 19.8. The molecule has 3 aliphatic rings. The number of benzene rings is 6. The van der Waals surface area contributed by atoms with Crippen LogP contribution in [0.5, 0.6) is 28.7 Å². The van der Waals surface area contributed by atoms with Gasteiger partial charge in [0.1, 0.15) is 40.8 Å². The van der Waals surface area contributed by atoms with E-state index in [0.29, 0.717) is 40.8 Å². The number of fused-ring (bicyclic) bond motifs is 7. The van der Waals surface area contributed by atoms with E-state index >= 15 is 0 Å². The van der Waals surface area contributed by atoms with Gasteiger partial charge in [0.2, 0.25) is 11.8 Å². The number of carbonyl (C=O) groups excluding carboxylic acids is 7. The molecule has 0 saturated heterocycles. The summed E-state index contributed by atoms with van der Waals surface area (Å²) in [5.41, 5.74) is 26.0. The molecule has 0 bridgehead atoms. The van der Waals surface area contributed by atoms with Crippen molar-refractivity contribution >= 4 is 70.6 Å². The molecule has 6 aromatic rings. The predicted molar refractivity (Wildman–Crippen MR) is 312 cm³/mol. The smallest absolute Gasteiger partial charge is 0.413 e. The molecule has 22 nitrogen and oxygen atoms in total. The topological polar surface area (TPSA) is 346 Å². The molecule has 14 N–H and O–H groups in total. The van der Waals surface area contributed by atoms with E-state index in [9.17, 15) is 33.6 Å². The maximum atomic E-state index is 13.8. The summed E-state index contributed by atoms with van der Waals surface area (Å²) < 4.78 is 28.8. The maximum Gasteiger partial charge on any atom is 0.413 e. The van der Waals surface area contributed by atoms with Gasteiger partial charge < -0.3 is 45.0 Å². The Bertz CT molecular complexity index is 3380. The van der Waals surface area contributed by atoms with Crippen LogP contribution in [0.1, 0.15) is 97.0 Å². The number of guanidine groups is 2. The van der Waals surface area contributed by atoms with Gasteiger partial charge >= 0.3 is 36.0 Å². The molecular weight excluding hydrogens is 1080 g/mol. The van der Waals surface area contributed by atoms with E-state index in [1.165, 1.54) is 0 Å². The summed E-state index contributed by atoms with van der Waals surface area (Å²) in [6.07, 6.45) is 5.14. The molecule has 0 saturated carbocycles. The minimum absolute atomic E-state index is 0.0629. The van der Waals surface area contributed by atoms with Crippen LogP contribution in [0.15, 0.2) is 146 Å². The molecule has 0 fully saturated rings. The number of ether oxygens (including phenoxy) is 5. The van der Waals surface area contributed by atoms with Crippen molar-refractivity contribution in [2.24, 2.45) is 22.9 Å². The number of ketones is 1. The molecule has 434 valence electrons. The van der Waals surface area contributed by atoms with E-state index in [-0.39, 0.29) is 84.0 Å². The molecule has 2 aliphatic heterocycles. The van der Waals surface area contributed by atoms with Gasteiger partial charge in [-0.3, -0.25) is 52.1 Å². The summed E-state index contributed by atoms with van der Waals surface area (Å²) in [6.45, 7) is 4.34. The average Bonchev–Trinajstić information content (AvgIpc) is 1.63. The number of nitrogens with one attached hydrogen (secondary N) is 6. The number of hydrogen-bond acceptors (Lipinski definition) is 12. The van der Waals surface area contributed by atoms with Crippen molar-refractivity contribution in [2.75, 3.05) is 23.7 Å². The highest BCUT2D eigenvalue weighted by atomic mass is 16.6. The van der Waals surface area contributed by atoms with Crippen molar-refractivity contribution in [3.05, 3.63) is 179 Å². The lowest BCUT2D eigenvalue weighted by atomic mass is 9.77. The van der Waals surface area contributed by atoms with Gasteiger partial charge in [-0.25, -0.2) is 14.4 Å². The molecule has 9 rings (SSSR count). The zero-order chi connectivity index (χ0) is 59.8. The number of esters is 2. The summed E-state index contributed by atoms with van der Waals surface area (Å²) >= 11 is 0. The van der Waals surface area contributed by atoms with Crippen molar-refractivity contribution in [3.8, 4) is 28.7 Å². The van der Waals surface area contributed by atoms with Crippen molar-refractivity contribution in [1.29, 1.82) is 0 Å². The van der Waals surface area contributed by atoms with Crippen molar-refractivity contribution < 1.29 is 67.2 Å². The Labute approximate surface area is 484 Å². The molecular formula is C62H66N10O12+2. The van der Waals surface area contributed by atoms with Crippen LogP contribution in [0, 0.1) is 0 Å². The Morgan fingerprint density at radius 3 is 1.67 bits per heavy atom. The fourth-order valence-electron chi connectivity index (χ4n) is 9.69. The van der Waals surface area contributed by atoms with E-state index in [1.807, 2.05) is 19.1 Å². The number of nitrogens with two attached hydrogens (primary N) is 4. The van der Waals surface area contributed by atoms with Crippen molar-refractivity contribution in [2.45, 2.75) is 82.9 Å². The third kappa shape index (κ3) is 15.3. The molecule has 2 heterocycles. The number of rotatable bonds is 20. The number of carbonyl (C=O) groups is 7. The first kappa shape index (κ1) is 59.6. The second kappa shape index (κ2) is 27.8. The van der Waals surface area contributed by atoms with Crippen LogP contribution in [0.2, 0.25) is 0 Å². The number of amides is 4. The number of para-hydroxylation sites is 2. The largest absolute Gasteiger partial charge is 0.456 e. The minimum Gasteiger partial charge on any atom is -0.456 e. The first-order valence-corrected chi connectivity index (χ1v) is 27.3. The molecule has 2 unspecified atom stereocenters. The molecule has 22 heteroatoms. The normalized spacial score (nSPS) is 14.7. The fourth-order valence-corrected chi connectivity index (χ4v) is 9.69. The van der Waals surface area contributed by atoms with E-state index in [0.717, 1.165) is 42.4 Å². The molecule has 0 radical (unpaired) electrons. The Hall–Kier alpha value is -10.5. The fraction of sp³-hybridized carbons (Fsp3) is 0.242. The summed E-state index contributed by atoms with van der Waals surface area (Å²) in [7, 11) is 0. The average molecular weight is 1140 g/mol. The van der Waals surface area contributed by atoms with Gasteiger partial charge in [0.25, 0.3) is 0 Å². The SMILES string of the molecule is CCCCCCC(=O)Oc1ccc2c(c1)CC(=O)C=C2C.NC(N)=[NH+]CCC(NC(=O)Oc1ccccc1)C(=O)Nc1ccc2c(c1)Oc1cc(NC(=O)C(CC[NH+]=C(N)N)NC(=O)Oc3ccccc3)ccc1C21OC(=O)c2ccccc21. The second-order valence-electron chi connectivity index (χ2n) is 19.8. The lowest BCUT2D eigenvalue weighted by Gasteiger charge is -2.37. The van der Waals surface area contributed by atoms with Crippen LogP contribution >= 0.6 is 0 Å². The van der Waals surface area contributed by atoms with Gasteiger partial charge in [-0.15, -0.1) is 0 Å². The molecule has 2 atom stereocenters. The van der Waals surface area contributed by atoms with Crippen LogP contribution in [0.4, 0.5) is 21.0 Å². The maximum absolute atomic E-state index is 13.8. The van der Waals surface area contributed by atoms with Gasteiger partial charge in [-0.2, -0.15) is 0 Å². The van der Waals surface area contributed by atoms with Crippen LogP contribution < -0.4 is 73.1 Å². The van der Waals surface area contributed by atoms with Gasteiger partial charge in [0.15, 0.2) is 11.4 Å². The number of allylic oxidation sites excluding steroid dienone is 2. The number of unbranched alkanes of at least 4 members (excludes halogenated alkanes) is 3. The highest BCUT2D eigenvalue weighted by molar-refractivity contribution is 6.02. The summed E-state index contributed by atoms with van der Waals surface area (Å²) in [4.78, 5) is 95.6. The Morgan fingerprint density at radius 1 is 0.595 bits per heavy atom. The predicted octanol–water partition coefficient (Wildman–Crippen LogP) is 4.03. The highest BCUT2D eigenvalue weighted by Crippen LogP contribution is 2.57. The zero-order valence-electron chi connectivity index (χ0n) is 46.3. The van der Waals surface area contributed by atoms with Gasteiger partial charge in [0, 0.05) is 65.9 Å². The van der Waals surface area contributed by atoms with E-state index in [2.05, 4.69) is 38.2 Å². The Balaban J connectivity index is 0.000000368. The van der Waals surface area contributed by atoms with Gasteiger partial charge in [-0.05, 0) is 103 Å². The lowest BCUT2D eigenvalue weighted by molar-refractivity contribution is -0.460. The lowest BCUT2D eigenvalue weighted by Crippen LogP contribution is -2.78. The quantitative estimate of drug-likeness (QED) is 0.0170. The van der Waals surface area contributed by atoms with E-state index in [4.69, 9.17) is 46.6 Å². The number of anilines is 2. The van der Waals surface area contributed by atoms with Gasteiger partial charge in [0.05, 0.1) is 18.7 Å². The van der Waals surface area contributed by atoms with E-state index in [1.54, 1.807) is 133 Å². The summed E-state index contributed by atoms with van der Waals surface area (Å²) in [5, 5.41) is 10.8. The zero-order valence-corrected chi connectivity index (χ0v) is 46.3. The van der Waals surface area contributed by atoms with Crippen LogP contribution in [0.25, 0.3) is 5.57 Å². The molecule has 4 amide bonds. The van der Waals surface area contributed by atoms with Crippen LogP contribution in [-0.4, -0.2) is 78.8 Å².